The molecule has 5 unspecified atom stereocenters. The first-order valence-corrected chi connectivity index (χ1v) is 12.7. The summed E-state index contributed by atoms with van der Waals surface area (Å²) >= 11 is 0. The van der Waals surface area contributed by atoms with Crippen LogP contribution in [0.25, 0.3) is 0 Å². The maximum atomic E-state index is 14.0. The van der Waals surface area contributed by atoms with Crippen LogP contribution in [-0.4, -0.2) is 52.4 Å². The second kappa shape index (κ2) is 12.2. The number of hydrogen-bond donors (Lipinski definition) is 3. The average Bonchev–Trinajstić information content (AvgIpc) is 3.46. The molecule has 5 atom stereocenters. The summed E-state index contributed by atoms with van der Waals surface area (Å²) in [5.41, 5.74) is 6.32. The molecular weight excluding hydrogens is 460 g/mol. The van der Waals surface area contributed by atoms with E-state index in [1.807, 2.05) is 52.0 Å². The number of ether oxygens (including phenoxy) is 1. The van der Waals surface area contributed by atoms with Crippen molar-refractivity contribution in [3.05, 3.63) is 35.4 Å². The van der Waals surface area contributed by atoms with Gasteiger partial charge in [-0.1, -0.05) is 50.1 Å². The Morgan fingerprint density at radius 2 is 1.72 bits per heavy atom. The van der Waals surface area contributed by atoms with E-state index in [1.165, 1.54) is 4.90 Å². The van der Waals surface area contributed by atoms with Crippen molar-refractivity contribution in [2.24, 2.45) is 11.7 Å². The van der Waals surface area contributed by atoms with E-state index < -0.39 is 42.0 Å². The van der Waals surface area contributed by atoms with Gasteiger partial charge in [0.1, 0.15) is 17.7 Å². The van der Waals surface area contributed by atoms with Gasteiger partial charge in [-0.05, 0) is 58.9 Å². The molecule has 9 nitrogen and oxygen atoms in total. The largest absolute Gasteiger partial charge is 0.444 e. The van der Waals surface area contributed by atoms with Gasteiger partial charge in [0.2, 0.25) is 17.7 Å². The van der Waals surface area contributed by atoms with E-state index in [9.17, 15) is 19.2 Å². The highest BCUT2D eigenvalue weighted by atomic mass is 16.6. The highest BCUT2D eigenvalue weighted by Gasteiger charge is 2.48. The highest BCUT2D eigenvalue weighted by Crippen LogP contribution is 2.41. The molecule has 1 aromatic carbocycles. The van der Waals surface area contributed by atoms with Gasteiger partial charge in [-0.3, -0.25) is 14.4 Å². The van der Waals surface area contributed by atoms with Gasteiger partial charge in [0.25, 0.3) is 0 Å². The number of alkyl carbamates (subject to hydrolysis) is 1. The van der Waals surface area contributed by atoms with Gasteiger partial charge in [-0.15, -0.1) is 0 Å². The topological polar surface area (TPSA) is 131 Å². The number of carbonyl (C=O) groups is 4. The molecule has 1 fully saturated rings. The number of carbonyl (C=O) groups excluding carboxylic acids is 4. The van der Waals surface area contributed by atoms with Crippen LogP contribution in [0.5, 0.6) is 0 Å². The van der Waals surface area contributed by atoms with Crippen molar-refractivity contribution in [1.82, 2.24) is 15.5 Å². The fourth-order valence-corrected chi connectivity index (χ4v) is 4.22. The Bertz CT molecular complexity index is 940. The number of nitrogens with one attached hydrogen (secondary N) is 2. The summed E-state index contributed by atoms with van der Waals surface area (Å²) in [6, 6.07) is 4.97. The lowest BCUT2D eigenvalue weighted by Crippen LogP contribution is -2.55. The summed E-state index contributed by atoms with van der Waals surface area (Å²) in [6.07, 6.45) is 1.16. The van der Waals surface area contributed by atoms with E-state index in [1.54, 1.807) is 20.8 Å². The van der Waals surface area contributed by atoms with E-state index in [4.69, 9.17) is 10.5 Å². The molecule has 4 amide bonds. The molecule has 36 heavy (non-hydrogen) atoms. The van der Waals surface area contributed by atoms with Gasteiger partial charge in [-0.25, -0.2) is 4.79 Å². The molecule has 0 heterocycles. The fraction of sp³-hybridized carbons (Fsp3) is 0.630. The predicted octanol–water partition coefficient (Wildman–Crippen LogP) is 3.35. The molecule has 1 aromatic rings. The van der Waals surface area contributed by atoms with Crippen molar-refractivity contribution in [3.8, 4) is 0 Å². The van der Waals surface area contributed by atoms with Crippen LogP contribution in [0.2, 0.25) is 0 Å². The SMILES string of the molecule is CCCC(C)NC(=O)C(c1ccc(C)cc1)N(C(=O)C(CC(N)=O)NC(=O)OC(C)(C)C)C1CC1C. The second-order valence-corrected chi connectivity index (χ2v) is 10.9. The van der Waals surface area contributed by atoms with Gasteiger partial charge in [0, 0.05) is 12.1 Å². The van der Waals surface area contributed by atoms with Crippen LogP contribution in [0.4, 0.5) is 4.79 Å². The molecular formula is C27H42N4O5. The molecule has 9 heteroatoms. The van der Waals surface area contributed by atoms with Crippen LogP contribution < -0.4 is 16.4 Å². The van der Waals surface area contributed by atoms with Crippen molar-refractivity contribution >= 4 is 23.8 Å². The molecule has 0 saturated heterocycles. The van der Waals surface area contributed by atoms with E-state index in [2.05, 4.69) is 10.6 Å². The van der Waals surface area contributed by atoms with Crippen LogP contribution in [0.15, 0.2) is 24.3 Å². The van der Waals surface area contributed by atoms with Gasteiger partial charge < -0.3 is 26.0 Å². The summed E-state index contributed by atoms with van der Waals surface area (Å²) < 4.78 is 5.31. The Kier molecular flexibility index (Phi) is 9.90. The van der Waals surface area contributed by atoms with Crippen LogP contribution in [-0.2, 0) is 19.1 Å². The van der Waals surface area contributed by atoms with Crippen molar-refractivity contribution in [1.29, 1.82) is 0 Å². The number of rotatable bonds is 11. The second-order valence-electron chi connectivity index (χ2n) is 10.9. The molecule has 200 valence electrons. The highest BCUT2D eigenvalue weighted by molar-refractivity contribution is 5.95. The quantitative estimate of drug-likeness (QED) is 0.427. The maximum Gasteiger partial charge on any atom is 0.408 e. The Morgan fingerprint density at radius 1 is 1.14 bits per heavy atom. The number of benzene rings is 1. The zero-order chi connectivity index (χ0) is 27.2. The number of nitrogens with two attached hydrogens (primary N) is 1. The monoisotopic (exact) mass is 502 g/mol. The van der Waals surface area contributed by atoms with Crippen LogP contribution >= 0.6 is 0 Å². The smallest absolute Gasteiger partial charge is 0.408 e. The molecule has 4 N–H and O–H groups in total. The molecule has 0 bridgehead atoms. The predicted molar refractivity (Wildman–Crippen MR) is 138 cm³/mol. The number of hydrogen-bond acceptors (Lipinski definition) is 5. The standard InChI is InChI=1S/C27H42N4O5/c1-8-9-18(4)29-24(33)23(19-12-10-16(2)11-13-19)31(21-14-17(21)3)25(34)20(15-22(28)32)30-26(35)36-27(5,6)7/h10-13,17-18,20-21,23H,8-9,14-15H2,1-7H3,(H2,28,32)(H,29,33)(H,30,35). The Balaban J connectivity index is 2.48. The molecule has 2 rings (SSSR count). The van der Waals surface area contributed by atoms with E-state index in [-0.39, 0.29) is 23.9 Å². The first-order valence-electron chi connectivity index (χ1n) is 12.7. The number of primary amides is 1. The first-order chi connectivity index (χ1) is 16.7. The zero-order valence-electron chi connectivity index (χ0n) is 22.6. The third-order valence-corrected chi connectivity index (χ3v) is 6.10. The van der Waals surface area contributed by atoms with Crippen LogP contribution in [0, 0.1) is 12.8 Å². The van der Waals surface area contributed by atoms with Gasteiger partial charge in [0.15, 0.2) is 0 Å². The summed E-state index contributed by atoms with van der Waals surface area (Å²) in [5.74, 6) is -1.43. The lowest BCUT2D eigenvalue weighted by atomic mass is 10.00. The van der Waals surface area contributed by atoms with Crippen molar-refractivity contribution < 1.29 is 23.9 Å². The maximum absolute atomic E-state index is 14.0. The Morgan fingerprint density at radius 3 is 2.19 bits per heavy atom. The lowest BCUT2D eigenvalue weighted by Gasteiger charge is -2.35. The van der Waals surface area contributed by atoms with Crippen molar-refractivity contribution in [2.75, 3.05) is 0 Å². The van der Waals surface area contributed by atoms with E-state index >= 15 is 0 Å². The summed E-state index contributed by atoms with van der Waals surface area (Å²) in [4.78, 5) is 53.5. The molecule has 0 radical (unpaired) electrons. The van der Waals surface area contributed by atoms with Gasteiger partial charge in [-0.2, -0.15) is 0 Å². The normalized spacial score (nSPS) is 19.4. The first kappa shape index (κ1) is 29.1. The minimum atomic E-state index is -1.26. The summed E-state index contributed by atoms with van der Waals surface area (Å²) in [5, 5.41) is 5.56. The lowest BCUT2D eigenvalue weighted by molar-refractivity contribution is -0.144. The molecule has 0 spiro atoms. The van der Waals surface area contributed by atoms with Gasteiger partial charge >= 0.3 is 6.09 Å². The fourth-order valence-electron chi connectivity index (χ4n) is 4.22. The number of nitrogens with zero attached hydrogens (tertiary/aromatic N) is 1. The van der Waals surface area contributed by atoms with Crippen LogP contribution in [0.1, 0.15) is 84.4 Å². The molecule has 0 aromatic heterocycles. The van der Waals surface area contributed by atoms with Gasteiger partial charge in [0.05, 0.1) is 6.42 Å². The average molecular weight is 503 g/mol. The molecule has 0 aliphatic heterocycles. The molecule has 1 aliphatic rings. The third kappa shape index (κ3) is 8.53. The number of amides is 4. The Labute approximate surface area is 214 Å². The molecule has 1 saturated carbocycles. The van der Waals surface area contributed by atoms with E-state index in [0.717, 1.165) is 18.4 Å². The van der Waals surface area contributed by atoms with Crippen LogP contribution in [0.3, 0.4) is 0 Å². The minimum absolute atomic E-state index is 0.0784. The minimum Gasteiger partial charge on any atom is -0.444 e. The van der Waals surface area contributed by atoms with E-state index in [0.29, 0.717) is 12.0 Å². The summed E-state index contributed by atoms with van der Waals surface area (Å²) in [7, 11) is 0. The third-order valence-electron chi connectivity index (χ3n) is 6.10. The van der Waals surface area contributed by atoms with Crippen molar-refractivity contribution in [2.45, 2.75) is 104 Å². The number of aryl methyl sites for hydroxylation is 1. The van der Waals surface area contributed by atoms with Crippen molar-refractivity contribution in [3.63, 3.8) is 0 Å². The zero-order valence-corrected chi connectivity index (χ0v) is 22.6. The molecule has 1 aliphatic carbocycles. The Hall–Kier alpha value is -3.10. The summed E-state index contributed by atoms with van der Waals surface area (Å²) in [6.45, 7) is 13.0.